The molecular weight excluding hydrogens is 401 g/mol. The molecule has 1 aromatic heterocycles. The Morgan fingerprint density at radius 1 is 1.03 bits per heavy atom. The quantitative estimate of drug-likeness (QED) is 0.440. The Morgan fingerprint density at radius 3 is 2.40 bits per heavy atom. The molecule has 0 unspecified atom stereocenters. The van der Waals surface area contributed by atoms with Gasteiger partial charge in [-0.05, 0) is 69.3 Å². The zero-order valence-electron chi connectivity index (χ0n) is 16.9. The maximum atomic E-state index is 13.5. The fourth-order valence-electron chi connectivity index (χ4n) is 3.30. The van der Waals surface area contributed by atoms with Gasteiger partial charge in [-0.15, -0.1) is 0 Å². The molecule has 0 saturated heterocycles. The van der Waals surface area contributed by atoms with Crippen LogP contribution in [-0.4, -0.2) is 21.2 Å². The Hall–Kier alpha value is -3.18. The topological polar surface area (TPSA) is 46.9 Å². The van der Waals surface area contributed by atoms with E-state index in [2.05, 4.69) is 5.32 Å². The van der Waals surface area contributed by atoms with Crippen molar-refractivity contribution in [1.29, 1.82) is 0 Å². The van der Waals surface area contributed by atoms with Gasteiger partial charge in [0.25, 0.3) is 5.91 Å². The number of halogens is 2. The number of nitrogens with zero attached hydrogens (tertiary/aromatic N) is 2. The SMILES string of the molecule is CC(C)(C)NC(=O)c1ccc2c(-c3ccccc3Cl)nn(-c3ccc(F)cc3)c2c1. The fraction of sp³-hybridized carbons (Fsp3) is 0.167. The van der Waals surface area contributed by atoms with Gasteiger partial charge in [-0.2, -0.15) is 5.10 Å². The molecule has 6 heteroatoms. The van der Waals surface area contributed by atoms with Crippen molar-refractivity contribution in [2.75, 3.05) is 0 Å². The van der Waals surface area contributed by atoms with E-state index in [1.165, 1.54) is 12.1 Å². The Kier molecular flexibility index (Phi) is 5.08. The average Bonchev–Trinajstić information content (AvgIpc) is 3.06. The van der Waals surface area contributed by atoms with Crippen LogP contribution in [0.5, 0.6) is 0 Å². The highest BCUT2D eigenvalue weighted by Crippen LogP contribution is 2.34. The first-order valence-electron chi connectivity index (χ1n) is 9.59. The molecule has 4 aromatic rings. The highest BCUT2D eigenvalue weighted by molar-refractivity contribution is 6.33. The van der Waals surface area contributed by atoms with Crippen LogP contribution >= 0.6 is 11.6 Å². The lowest BCUT2D eigenvalue weighted by Crippen LogP contribution is -2.40. The van der Waals surface area contributed by atoms with Gasteiger partial charge in [-0.25, -0.2) is 9.07 Å². The van der Waals surface area contributed by atoms with E-state index in [0.29, 0.717) is 22.0 Å². The van der Waals surface area contributed by atoms with Crippen LogP contribution in [0, 0.1) is 5.82 Å². The molecule has 0 atom stereocenters. The summed E-state index contributed by atoms with van der Waals surface area (Å²) in [5.41, 5.74) is 3.07. The molecule has 152 valence electrons. The molecule has 1 heterocycles. The summed E-state index contributed by atoms with van der Waals surface area (Å²) < 4.78 is 15.2. The van der Waals surface area contributed by atoms with Gasteiger partial charge >= 0.3 is 0 Å². The van der Waals surface area contributed by atoms with Gasteiger partial charge in [0.05, 0.1) is 16.2 Å². The number of hydrogen-bond acceptors (Lipinski definition) is 2. The zero-order chi connectivity index (χ0) is 21.5. The summed E-state index contributed by atoms with van der Waals surface area (Å²) in [6, 6.07) is 19.0. The van der Waals surface area contributed by atoms with E-state index in [1.807, 2.05) is 51.1 Å². The number of rotatable bonds is 3. The molecule has 4 nitrogen and oxygen atoms in total. The number of aromatic nitrogens is 2. The smallest absolute Gasteiger partial charge is 0.251 e. The largest absolute Gasteiger partial charge is 0.347 e. The van der Waals surface area contributed by atoms with Gasteiger partial charge in [0, 0.05) is 22.1 Å². The van der Waals surface area contributed by atoms with E-state index in [0.717, 1.165) is 16.5 Å². The molecule has 0 aliphatic carbocycles. The molecule has 30 heavy (non-hydrogen) atoms. The first kappa shape index (κ1) is 20.1. The second-order valence-electron chi connectivity index (χ2n) is 8.15. The van der Waals surface area contributed by atoms with Crippen molar-refractivity contribution in [2.24, 2.45) is 0 Å². The van der Waals surface area contributed by atoms with E-state index in [-0.39, 0.29) is 17.3 Å². The maximum Gasteiger partial charge on any atom is 0.251 e. The molecule has 0 spiro atoms. The Morgan fingerprint density at radius 2 is 1.73 bits per heavy atom. The first-order valence-corrected chi connectivity index (χ1v) is 9.97. The molecule has 3 aromatic carbocycles. The van der Waals surface area contributed by atoms with Crippen molar-refractivity contribution >= 4 is 28.4 Å². The van der Waals surface area contributed by atoms with Gasteiger partial charge in [-0.1, -0.05) is 29.8 Å². The second kappa shape index (κ2) is 7.58. The third-order valence-electron chi connectivity index (χ3n) is 4.63. The minimum Gasteiger partial charge on any atom is -0.347 e. The van der Waals surface area contributed by atoms with Crippen LogP contribution in [-0.2, 0) is 0 Å². The molecule has 0 saturated carbocycles. The molecule has 0 radical (unpaired) electrons. The number of carbonyl (C=O) groups is 1. The van der Waals surface area contributed by atoms with Gasteiger partial charge in [0.15, 0.2) is 0 Å². The van der Waals surface area contributed by atoms with E-state index in [9.17, 15) is 9.18 Å². The minimum absolute atomic E-state index is 0.171. The summed E-state index contributed by atoms with van der Waals surface area (Å²) in [5, 5.41) is 9.18. The summed E-state index contributed by atoms with van der Waals surface area (Å²) >= 11 is 6.43. The minimum atomic E-state index is -0.355. The summed E-state index contributed by atoms with van der Waals surface area (Å²) in [6.45, 7) is 5.80. The maximum absolute atomic E-state index is 13.5. The van der Waals surface area contributed by atoms with Crippen LogP contribution in [0.4, 0.5) is 4.39 Å². The lowest BCUT2D eigenvalue weighted by Gasteiger charge is -2.20. The van der Waals surface area contributed by atoms with Crippen molar-refractivity contribution in [2.45, 2.75) is 26.3 Å². The molecule has 1 N–H and O–H groups in total. The molecular formula is C24H21ClFN3O. The van der Waals surface area contributed by atoms with Gasteiger partial charge < -0.3 is 5.32 Å². The lowest BCUT2D eigenvalue weighted by molar-refractivity contribution is 0.0919. The number of amides is 1. The summed E-state index contributed by atoms with van der Waals surface area (Å²) in [5.74, 6) is -0.498. The van der Waals surface area contributed by atoms with Crippen LogP contribution < -0.4 is 5.32 Å². The van der Waals surface area contributed by atoms with Crippen LogP contribution in [0.25, 0.3) is 27.8 Å². The van der Waals surface area contributed by atoms with Crippen LogP contribution in [0.3, 0.4) is 0 Å². The van der Waals surface area contributed by atoms with Gasteiger partial charge in [-0.3, -0.25) is 4.79 Å². The predicted octanol–water partition coefficient (Wildman–Crippen LogP) is 6.01. The van der Waals surface area contributed by atoms with Crippen molar-refractivity contribution < 1.29 is 9.18 Å². The van der Waals surface area contributed by atoms with Gasteiger partial charge in [0.1, 0.15) is 11.5 Å². The first-order chi connectivity index (χ1) is 14.2. The predicted molar refractivity (Wildman–Crippen MR) is 119 cm³/mol. The molecule has 0 bridgehead atoms. The summed E-state index contributed by atoms with van der Waals surface area (Å²) in [6.07, 6.45) is 0. The number of fused-ring (bicyclic) bond motifs is 1. The van der Waals surface area contributed by atoms with Crippen molar-refractivity contribution in [3.8, 4) is 16.9 Å². The van der Waals surface area contributed by atoms with Crippen molar-refractivity contribution in [1.82, 2.24) is 15.1 Å². The average molecular weight is 422 g/mol. The van der Waals surface area contributed by atoms with E-state index in [4.69, 9.17) is 16.7 Å². The second-order valence-corrected chi connectivity index (χ2v) is 8.56. The molecule has 0 aliphatic rings. The lowest BCUT2D eigenvalue weighted by atomic mass is 10.0. The number of carbonyl (C=O) groups excluding carboxylic acids is 1. The van der Waals surface area contributed by atoms with E-state index in [1.54, 1.807) is 28.9 Å². The monoisotopic (exact) mass is 421 g/mol. The number of benzene rings is 3. The van der Waals surface area contributed by atoms with Crippen molar-refractivity contribution in [3.63, 3.8) is 0 Å². The standard InChI is InChI=1S/C24H21ClFN3O/c1-24(2,3)27-23(30)15-8-13-19-21(14-15)29(17-11-9-16(26)10-12-17)28-22(19)18-6-4-5-7-20(18)25/h4-14H,1-3H3,(H,27,30). The Labute approximate surface area is 179 Å². The molecule has 0 aliphatic heterocycles. The van der Waals surface area contributed by atoms with Crippen molar-refractivity contribution in [3.05, 3.63) is 83.1 Å². The molecule has 0 fully saturated rings. The van der Waals surface area contributed by atoms with Crippen LogP contribution in [0.15, 0.2) is 66.7 Å². The third-order valence-corrected chi connectivity index (χ3v) is 4.96. The summed E-state index contributed by atoms with van der Waals surface area (Å²) in [4.78, 5) is 12.7. The van der Waals surface area contributed by atoms with Crippen LogP contribution in [0.1, 0.15) is 31.1 Å². The highest BCUT2D eigenvalue weighted by atomic mass is 35.5. The molecule has 1 amide bonds. The fourth-order valence-corrected chi connectivity index (χ4v) is 3.53. The van der Waals surface area contributed by atoms with Crippen LogP contribution in [0.2, 0.25) is 5.02 Å². The number of hydrogen-bond donors (Lipinski definition) is 1. The molecule has 4 rings (SSSR count). The van der Waals surface area contributed by atoms with E-state index < -0.39 is 0 Å². The number of nitrogens with one attached hydrogen (secondary N) is 1. The normalized spacial score (nSPS) is 11.6. The summed E-state index contributed by atoms with van der Waals surface area (Å²) in [7, 11) is 0. The zero-order valence-corrected chi connectivity index (χ0v) is 17.7. The Balaban J connectivity index is 1.93. The Bertz CT molecular complexity index is 1240. The highest BCUT2D eigenvalue weighted by Gasteiger charge is 2.20. The van der Waals surface area contributed by atoms with E-state index >= 15 is 0 Å². The van der Waals surface area contributed by atoms with Gasteiger partial charge in [0.2, 0.25) is 0 Å². The third kappa shape index (κ3) is 3.94.